The predicted octanol–water partition coefficient (Wildman–Crippen LogP) is 2.99. The lowest BCUT2D eigenvalue weighted by Crippen LogP contribution is -2.25. The molecular weight excluding hydrogens is 306 g/mol. The summed E-state index contributed by atoms with van der Waals surface area (Å²) in [6, 6.07) is 13.5. The number of para-hydroxylation sites is 1. The van der Waals surface area contributed by atoms with Crippen LogP contribution in [-0.2, 0) is 0 Å². The molecule has 4 N–H and O–H groups in total. The first kappa shape index (κ1) is 15.6. The Bertz CT molecular complexity index is 755. The number of benzene rings is 2. The van der Waals surface area contributed by atoms with Crippen LogP contribution in [0.4, 0.5) is 11.4 Å². The van der Waals surface area contributed by atoms with Gasteiger partial charge in [-0.2, -0.15) is 0 Å². The van der Waals surface area contributed by atoms with Crippen molar-refractivity contribution >= 4 is 35.0 Å². The molecular formula is C18H19N3OS. The van der Waals surface area contributed by atoms with Gasteiger partial charge in [0, 0.05) is 23.2 Å². The molecule has 0 saturated carbocycles. The van der Waals surface area contributed by atoms with Crippen LogP contribution in [-0.4, -0.2) is 24.7 Å². The standard InChI is InChI=1S/C18H19N3OS/c1-21-17(10-7-12-5-8-13(20)9-6-12)23-16-4-2-3-14(18(16)21)15(22)11-19/h2-10,17H,11,19-20H2,1H3. The Kier molecular flexibility index (Phi) is 4.41. The lowest BCUT2D eigenvalue weighted by molar-refractivity contribution is 0.100. The van der Waals surface area contributed by atoms with Crippen LogP contribution in [0.5, 0.6) is 0 Å². The Balaban J connectivity index is 1.85. The van der Waals surface area contributed by atoms with E-state index in [9.17, 15) is 4.79 Å². The summed E-state index contributed by atoms with van der Waals surface area (Å²) in [6.07, 6.45) is 4.21. The Morgan fingerprint density at radius 2 is 2.00 bits per heavy atom. The molecule has 2 aromatic carbocycles. The van der Waals surface area contributed by atoms with E-state index in [1.54, 1.807) is 11.8 Å². The zero-order chi connectivity index (χ0) is 16.4. The first-order valence-corrected chi connectivity index (χ1v) is 8.27. The monoisotopic (exact) mass is 325 g/mol. The molecule has 0 fully saturated rings. The summed E-state index contributed by atoms with van der Waals surface area (Å²) in [5.41, 5.74) is 14.8. The minimum atomic E-state index is -0.0301. The number of nitrogen functional groups attached to an aromatic ring is 1. The molecule has 1 aliphatic rings. The molecule has 118 valence electrons. The van der Waals surface area contributed by atoms with Crippen LogP contribution in [0.25, 0.3) is 6.08 Å². The van der Waals surface area contributed by atoms with Gasteiger partial charge in [-0.25, -0.2) is 0 Å². The molecule has 0 bridgehead atoms. The molecule has 0 radical (unpaired) electrons. The fourth-order valence-electron chi connectivity index (χ4n) is 2.62. The maximum absolute atomic E-state index is 12.0. The van der Waals surface area contributed by atoms with E-state index in [-0.39, 0.29) is 17.7 Å². The van der Waals surface area contributed by atoms with Gasteiger partial charge >= 0.3 is 0 Å². The number of hydrogen-bond acceptors (Lipinski definition) is 5. The van der Waals surface area contributed by atoms with Gasteiger partial charge in [-0.3, -0.25) is 4.79 Å². The van der Waals surface area contributed by atoms with E-state index in [1.807, 2.05) is 49.5 Å². The third-order valence-electron chi connectivity index (χ3n) is 3.86. The van der Waals surface area contributed by atoms with Gasteiger partial charge in [0.25, 0.3) is 0 Å². The second kappa shape index (κ2) is 6.48. The largest absolute Gasteiger partial charge is 0.399 e. The number of carbonyl (C=O) groups excluding carboxylic acids is 1. The molecule has 3 rings (SSSR count). The maximum Gasteiger partial charge on any atom is 0.178 e. The van der Waals surface area contributed by atoms with Crippen molar-refractivity contribution in [1.29, 1.82) is 0 Å². The molecule has 1 heterocycles. The quantitative estimate of drug-likeness (QED) is 0.668. The topological polar surface area (TPSA) is 72.3 Å². The van der Waals surface area contributed by atoms with E-state index in [1.165, 1.54) is 0 Å². The van der Waals surface area contributed by atoms with E-state index in [0.29, 0.717) is 5.56 Å². The van der Waals surface area contributed by atoms with Gasteiger partial charge in [-0.05, 0) is 29.8 Å². The first-order chi connectivity index (χ1) is 11.1. The fraction of sp³-hybridized carbons (Fsp3) is 0.167. The number of ketones is 1. The van der Waals surface area contributed by atoms with E-state index in [4.69, 9.17) is 11.5 Å². The van der Waals surface area contributed by atoms with Gasteiger partial charge in [0.05, 0.1) is 17.6 Å². The van der Waals surface area contributed by atoms with Gasteiger partial charge in [-0.1, -0.05) is 42.1 Å². The van der Waals surface area contributed by atoms with Crippen LogP contribution in [0.15, 0.2) is 53.4 Å². The second-order valence-corrected chi connectivity index (χ2v) is 6.58. The van der Waals surface area contributed by atoms with Crippen LogP contribution >= 0.6 is 11.8 Å². The van der Waals surface area contributed by atoms with E-state index < -0.39 is 0 Å². The molecule has 0 saturated heterocycles. The number of thioether (sulfide) groups is 1. The first-order valence-electron chi connectivity index (χ1n) is 7.39. The fourth-order valence-corrected chi connectivity index (χ4v) is 3.83. The van der Waals surface area contributed by atoms with Gasteiger partial charge in [0.15, 0.2) is 5.78 Å². The van der Waals surface area contributed by atoms with Gasteiger partial charge in [-0.15, -0.1) is 0 Å². The highest BCUT2D eigenvalue weighted by Crippen LogP contribution is 2.45. The number of fused-ring (bicyclic) bond motifs is 1. The van der Waals surface area contributed by atoms with Gasteiger partial charge in [0.1, 0.15) is 0 Å². The van der Waals surface area contributed by atoms with Crippen molar-refractivity contribution in [3.8, 4) is 0 Å². The number of nitrogens with zero attached hydrogens (tertiary/aromatic N) is 1. The van der Waals surface area contributed by atoms with E-state index >= 15 is 0 Å². The Morgan fingerprint density at radius 1 is 1.26 bits per heavy atom. The highest BCUT2D eigenvalue weighted by atomic mass is 32.2. The highest BCUT2D eigenvalue weighted by Gasteiger charge is 2.29. The van der Waals surface area contributed by atoms with Gasteiger partial charge < -0.3 is 16.4 Å². The zero-order valence-corrected chi connectivity index (χ0v) is 13.7. The van der Waals surface area contributed by atoms with E-state index in [0.717, 1.165) is 21.8 Å². The minimum absolute atomic E-state index is 0.0287. The number of rotatable bonds is 4. The minimum Gasteiger partial charge on any atom is -0.399 e. The van der Waals surface area contributed by atoms with Gasteiger partial charge in [0.2, 0.25) is 0 Å². The van der Waals surface area contributed by atoms with Crippen molar-refractivity contribution in [2.45, 2.75) is 10.3 Å². The van der Waals surface area contributed by atoms with Crippen molar-refractivity contribution in [3.05, 3.63) is 59.7 Å². The predicted molar refractivity (Wildman–Crippen MR) is 97.8 cm³/mol. The Labute approximate surface area is 140 Å². The lowest BCUT2D eigenvalue weighted by Gasteiger charge is -2.20. The SMILES string of the molecule is CN1c2c(cccc2C(=O)CN)SC1C=Cc1ccc(N)cc1. The van der Waals surface area contributed by atoms with Crippen molar-refractivity contribution < 1.29 is 4.79 Å². The third-order valence-corrected chi connectivity index (χ3v) is 5.15. The smallest absolute Gasteiger partial charge is 0.178 e. The molecule has 2 aromatic rings. The summed E-state index contributed by atoms with van der Waals surface area (Å²) in [7, 11) is 2.00. The normalized spacial score (nSPS) is 16.8. The van der Waals surface area contributed by atoms with Crippen molar-refractivity contribution in [2.24, 2.45) is 5.73 Å². The molecule has 0 aliphatic carbocycles. The molecule has 23 heavy (non-hydrogen) atoms. The summed E-state index contributed by atoms with van der Waals surface area (Å²) in [4.78, 5) is 15.3. The summed E-state index contributed by atoms with van der Waals surface area (Å²) >= 11 is 1.73. The third kappa shape index (κ3) is 3.11. The molecule has 1 unspecified atom stereocenters. The van der Waals surface area contributed by atoms with Crippen molar-refractivity contribution in [3.63, 3.8) is 0 Å². The maximum atomic E-state index is 12.0. The molecule has 1 atom stereocenters. The summed E-state index contributed by atoms with van der Waals surface area (Å²) in [5.74, 6) is -0.0301. The lowest BCUT2D eigenvalue weighted by atomic mass is 10.1. The molecule has 0 amide bonds. The second-order valence-electron chi connectivity index (χ2n) is 5.42. The molecule has 4 nitrogen and oxygen atoms in total. The Hall–Kier alpha value is -2.24. The summed E-state index contributed by atoms with van der Waals surface area (Å²) in [5, 5.41) is 0.147. The number of anilines is 2. The summed E-state index contributed by atoms with van der Waals surface area (Å²) < 4.78 is 0. The highest BCUT2D eigenvalue weighted by molar-refractivity contribution is 8.00. The average Bonchev–Trinajstić information content (AvgIpc) is 2.90. The number of Topliss-reactive ketones (excluding diaryl/α,β-unsaturated/α-hetero) is 1. The van der Waals surface area contributed by atoms with Crippen molar-refractivity contribution in [1.82, 2.24) is 0 Å². The van der Waals surface area contributed by atoms with Crippen LogP contribution < -0.4 is 16.4 Å². The summed E-state index contributed by atoms with van der Waals surface area (Å²) in [6.45, 7) is 0.0287. The van der Waals surface area contributed by atoms with Crippen molar-refractivity contribution in [2.75, 3.05) is 24.2 Å². The molecule has 0 spiro atoms. The van der Waals surface area contributed by atoms with Crippen LogP contribution in [0, 0.1) is 0 Å². The average molecular weight is 325 g/mol. The van der Waals surface area contributed by atoms with Crippen LogP contribution in [0.2, 0.25) is 0 Å². The number of hydrogen-bond donors (Lipinski definition) is 2. The molecule has 0 aromatic heterocycles. The zero-order valence-electron chi connectivity index (χ0n) is 12.9. The number of nitrogens with two attached hydrogens (primary N) is 2. The number of likely N-dealkylation sites (N-methyl/N-ethyl adjacent to an activating group) is 1. The molecule has 5 heteroatoms. The Morgan fingerprint density at radius 3 is 2.70 bits per heavy atom. The van der Waals surface area contributed by atoms with Crippen LogP contribution in [0.1, 0.15) is 15.9 Å². The van der Waals surface area contributed by atoms with E-state index in [2.05, 4.69) is 17.1 Å². The van der Waals surface area contributed by atoms with Crippen LogP contribution in [0.3, 0.4) is 0 Å². The number of carbonyl (C=O) groups is 1. The molecule has 1 aliphatic heterocycles.